The number of ether oxygens (including phenoxy) is 1. The van der Waals surface area contributed by atoms with Crippen molar-refractivity contribution in [3.05, 3.63) is 28.1 Å². The van der Waals surface area contributed by atoms with Gasteiger partial charge in [0.1, 0.15) is 5.69 Å². The van der Waals surface area contributed by atoms with Crippen LogP contribution in [0.25, 0.3) is 0 Å². The van der Waals surface area contributed by atoms with Gasteiger partial charge in [-0.1, -0.05) is 25.8 Å². The number of rotatable bonds is 5. The molecular weight excluding hydrogens is 338 g/mol. The Morgan fingerprint density at radius 2 is 2.21 bits per heavy atom. The predicted molar refractivity (Wildman–Crippen MR) is 95.3 cm³/mol. The summed E-state index contributed by atoms with van der Waals surface area (Å²) in [5.41, 5.74) is 0.468. The molecule has 6 heteroatoms. The monoisotopic (exact) mass is 357 g/mol. The molecular formula is C18H19N3OS2. The molecule has 24 heavy (non-hydrogen) atoms. The van der Waals surface area contributed by atoms with Gasteiger partial charge >= 0.3 is 0 Å². The molecule has 0 radical (unpaired) electrons. The number of aromatic nitrogens is 2. The van der Waals surface area contributed by atoms with Crippen LogP contribution < -0.4 is 4.74 Å². The van der Waals surface area contributed by atoms with Gasteiger partial charge in [-0.3, -0.25) is 0 Å². The molecule has 5 heterocycles. The molecule has 1 aliphatic carbocycles. The lowest BCUT2D eigenvalue weighted by atomic mass is 9.89. The lowest BCUT2D eigenvalue weighted by Gasteiger charge is -2.32. The first-order chi connectivity index (χ1) is 11.6. The Labute approximate surface area is 150 Å². The molecule has 3 atom stereocenters. The third-order valence-corrected chi connectivity index (χ3v) is 7.66. The summed E-state index contributed by atoms with van der Waals surface area (Å²) < 4.78 is 15.7. The second kappa shape index (κ2) is 4.81. The molecule has 3 saturated heterocycles. The fourth-order valence-electron chi connectivity index (χ4n) is 4.87. The van der Waals surface area contributed by atoms with E-state index in [1.807, 2.05) is 11.4 Å². The van der Waals surface area contributed by atoms with Crippen LogP contribution in [0, 0.1) is 30.1 Å². The van der Waals surface area contributed by atoms with E-state index >= 15 is 0 Å². The average molecular weight is 358 g/mol. The maximum absolute atomic E-state index is 6.49. The number of thiophene rings is 1. The van der Waals surface area contributed by atoms with Crippen LogP contribution in [-0.4, -0.2) is 33.3 Å². The van der Waals surface area contributed by atoms with E-state index in [1.54, 1.807) is 11.3 Å². The van der Waals surface area contributed by atoms with Crippen LogP contribution in [0.5, 0.6) is 5.88 Å². The highest BCUT2D eigenvalue weighted by molar-refractivity contribution is 7.10. The molecule has 0 aromatic carbocycles. The number of terminal acetylenes is 1. The lowest BCUT2D eigenvalue weighted by Crippen LogP contribution is -2.37. The Morgan fingerprint density at radius 1 is 1.42 bits per heavy atom. The summed E-state index contributed by atoms with van der Waals surface area (Å²) >= 11 is 2.89. The zero-order valence-corrected chi connectivity index (χ0v) is 15.4. The molecule has 4 bridgehead atoms. The average Bonchev–Trinajstić information content (AvgIpc) is 3.26. The molecule has 0 spiro atoms. The van der Waals surface area contributed by atoms with Gasteiger partial charge in [-0.25, -0.2) is 0 Å². The molecule has 2 aromatic rings. The first kappa shape index (κ1) is 14.9. The quantitative estimate of drug-likeness (QED) is 0.771. The Hall–Kier alpha value is -1.42. The highest BCUT2D eigenvalue weighted by atomic mass is 32.1. The first-order valence-corrected chi connectivity index (χ1v) is 9.99. The largest absolute Gasteiger partial charge is 0.450 e. The van der Waals surface area contributed by atoms with Crippen LogP contribution >= 0.6 is 23.1 Å². The second-order valence-corrected chi connectivity index (χ2v) is 8.96. The van der Waals surface area contributed by atoms with Crippen LogP contribution in [0.15, 0.2) is 17.5 Å². The van der Waals surface area contributed by atoms with Crippen LogP contribution in [0.4, 0.5) is 0 Å². The predicted octanol–water partition coefficient (Wildman–Crippen LogP) is 2.98. The number of nitrogens with zero attached hydrogens (tertiary/aromatic N) is 3. The molecule has 3 aliphatic heterocycles. The minimum absolute atomic E-state index is 0.143. The second-order valence-electron chi connectivity index (χ2n) is 7.48. The van der Waals surface area contributed by atoms with Gasteiger partial charge in [-0.15, -0.1) is 22.1 Å². The molecule has 2 aromatic heterocycles. The van der Waals surface area contributed by atoms with Gasteiger partial charge in [0.25, 0.3) is 5.88 Å². The van der Waals surface area contributed by atoms with Gasteiger partial charge in [-0.2, -0.15) is 4.37 Å². The molecule has 0 amide bonds. The van der Waals surface area contributed by atoms with E-state index in [9.17, 15) is 0 Å². The normalized spacial score (nSPS) is 35.0. The third kappa shape index (κ3) is 1.68. The summed E-state index contributed by atoms with van der Waals surface area (Å²) in [6.07, 6.45) is 5.98. The van der Waals surface area contributed by atoms with Crippen molar-refractivity contribution < 1.29 is 4.74 Å². The molecule has 4 fully saturated rings. The van der Waals surface area contributed by atoms with E-state index in [0.717, 1.165) is 29.0 Å². The van der Waals surface area contributed by atoms with Gasteiger partial charge in [0.2, 0.25) is 5.60 Å². The zero-order valence-electron chi connectivity index (χ0n) is 13.7. The highest BCUT2D eigenvalue weighted by Crippen LogP contribution is 2.70. The van der Waals surface area contributed by atoms with Crippen molar-refractivity contribution in [1.82, 2.24) is 13.6 Å². The van der Waals surface area contributed by atoms with Gasteiger partial charge in [0.05, 0.1) is 16.6 Å². The zero-order chi connectivity index (χ0) is 16.5. The molecule has 6 rings (SSSR count). The summed E-state index contributed by atoms with van der Waals surface area (Å²) in [6, 6.07) is 4.08. The van der Waals surface area contributed by atoms with Crippen LogP contribution in [0.1, 0.15) is 24.4 Å². The van der Waals surface area contributed by atoms with Gasteiger partial charge in [-0.05, 0) is 23.3 Å². The van der Waals surface area contributed by atoms with E-state index in [1.165, 1.54) is 24.8 Å². The standard InChI is InChI=1S/C18H19N3OS2/c1-4-18(11(2)3,14-6-5-7-23-14)22-16-15(19-24-20-16)17-10-21-8-12(17)13(17)9-21/h1,5-7,11-13H,8-10H2,2-3H3. The summed E-state index contributed by atoms with van der Waals surface area (Å²) in [5.74, 6) is 5.22. The van der Waals surface area contributed by atoms with Crippen molar-refractivity contribution in [2.24, 2.45) is 17.8 Å². The van der Waals surface area contributed by atoms with E-state index in [2.05, 4.69) is 39.5 Å². The highest BCUT2D eigenvalue weighted by Gasteiger charge is 2.77. The van der Waals surface area contributed by atoms with Crippen LogP contribution in [0.2, 0.25) is 0 Å². The number of piperidine rings is 3. The van der Waals surface area contributed by atoms with E-state index in [-0.39, 0.29) is 11.3 Å². The lowest BCUT2D eigenvalue weighted by molar-refractivity contribution is 0.0756. The van der Waals surface area contributed by atoms with Crippen LogP contribution in [0.3, 0.4) is 0 Å². The molecule has 4 aliphatic rings. The molecule has 1 saturated carbocycles. The molecule has 4 nitrogen and oxygen atoms in total. The third-order valence-electron chi connectivity index (χ3n) is 6.17. The van der Waals surface area contributed by atoms with Gasteiger partial charge in [0, 0.05) is 31.0 Å². The van der Waals surface area contributed by atoms with Crippen molar-refractivity contribution in [3.63, 3.8) is 0 Å². The van der Waals surface area contributed by atoms with E-state index in [0.29, 0.717) is 5.88 Å². The summed E-state index contributed by atoms with van der Waals surface area (Å²) in [6.45, 7) is 7.73. The SMILES string of the molecule is C#CC(Oc1nsnc1C12CN3CC1C2C3)(c1cccs1)C(C)C. The van der Waals surface area contributed by atoms with Crippen molar-refractivity contribution in [2.75, 3.05) is 19.6 Å². The first-order valence-electron chi connectivity index (χ1n) is 8.38. The van der Waals surface area contributed by atoms with E-state index in [4.69, 9.17) is 11.2 Å². The fourth-order valence-corrected chi connectivity index (χ4v) is 6.41. The Morgan fingerprint density at radius 3 is 2.75 bits per heavy atom. The maximum Gasteiger partial charge on any atom is 0.251 e. The summed E-state index contributed by atoms with van der Waals surface area (Å²) in [5, 5.41) is 2.04. The maximum atomic E-state index is 6.49. The number of hydrogen-bond donors (Lipinski definition) is 0. The van der Waals surface area contributed by atoms with Gasteiger partial charge in [0.15, 0.2) is 0 Å². The van der Waals surface area contributed by atoms with Crippen molar-refractivity contribution in [3.8, 4) is 18.2 Å². The summed E-state index contributed by atoms with van der Waals surface area (Å²) in [4.78, 5) is 3.59. The molecule has 3 unspecified atom stereocenters. The molecule has 124 valence electrons. The Kier molecular flexibility index (Phi) is 2.98. The smallest absolute Gasteiger partial charge is 0.251 e. The minimum atomic E-state index is -0.776. The van der Waals surface area contributed by atoms with Crippen molar-refractivity contribution >= 4 is 23.1 Å². The Bertz CT molecular complexity index is 810. The minimum Gasteiger partial charge on any atom is -0.450 e. The van der Waals surface area contributed by atoms with Crippen LogP contribution in [-0.2, 0) is 11.0 Å². The van der Waals surface area contributed by atoms with Crippen molar-refractivity contribution in [1.29, 1.82) is 0 Å². The van der Waals surface area contributed by atoms with E-state index < -0.39 is 5.60 Å². The van der Waals surface area contributed by atoms with Crippen molar-refractivity contribution in [2.45, 2.75) is 24.9 Å². The number of hydrogen-bond acceptors (Lipinski definition) is 6. The summed E-state index contributed by atoms with van der Waals surface area (Å²) in [7, 11) is 0. The molecule has 0 N–H and O–H groups in total. The Balaban J connectivity index is 1.54. The fraction of sp³-hybridized carbons (Fsp3) is 0.556. The van der Waals surface area contributed by atoms with Gasteiger partial charge < -0.3 is 9.64 Å². The topological polar surface area (TPSA) is 38.3 Å².